The molecule has 1 aliphatic heterocycles. The van der Waals surface area contributed by atoms with Crippen LogP contribution < -0.4 is 0 Å². The minimum absolute atomic E-state index is 0.0150. The van der Waals surface area contributed by atoms with Crippen molar-refractivity contribution in [2.75, 3.05) is 6.54 Å². The van der Waals surface area contributed by atoms with E-state index in [-0.39, 0.29) is 5.41 Å². The topological polar surface area (TPSA) is 20.3 Å². The van der Waals surface area contributed by atoms with Gasteiger partial charge < -0.3 is 4.90 Å². The molecule has 4 aliphatic carbocycles. The largest absolute Gasteiger partial charge is 0.335 e. The standard InChI is InChI=1S/C22H29NO/c1-15-4-2-5-19(8-15)20-6-3-7-23(20)21(24)22-12-16-9-17(13-22)11-18(10-16)14-22/h2,4-5,8,16-18,20H,3,6-7,9-14H2,1H3. The summed E-state index contributed by atoms with van der Waals surface area (Å²) in [4.78, 5) is 16.0. The molecule has 1 amide bonds. The SMILES string of the molecule is Cc1cccc(C2CCCN2C(=O)C23CC4CC(CC(C4)C2)C3)c1. The highest BCUT2D eigenvalue weighted by Crippen LogP contribution is 2.61. The van der Waals surface area contributed by atoms with Crippen molar-refractivity contribution in [3.05, 3.63) is 35.4 Å². The van der Waals surface area contributed by atoms with Gasteiger partial charge in [0, 0.05) is 6.54 Å². The Morgan fingerprint density at radius 3 is 2.38 bits per heavy atom. The number of hydrogen-bond donors (Lipinski definition) is 0. The third kappa shape index (κ3) is 2.25. The van der Waals surface area contributed by atoms with Crippen LogP contribution in [-0.2, 0) is 4.79 Å². The number of amides is 1. The highest BCUT2D eigenvalue weighted by atomic mass is 16.2. The zero-order valence-corrected chi connectivity index (χ0v) is 14.8. The van der Waals surface area contributed by atoms with Gasteiger partial charge in [0.25, 0.3) is 0 Å². The number of benzene rings is 1. The maximum absolute atomic E-state index is 13.7. The van der Waals surface area contributed by atoms with Crippen LogP contribution in [0.3, 0.4) is 0 Å². The highest BCUT2D eigenvalue weighted by Gasteiger charge is 2.56. The highest BCUT2D eigenvalue weighted by molar-refractivity contribution is 5.84. The van der Waals surface area contributed by atoms with Crippen LogP contribution in [0.25, 0.3) is 0 Å². The maximum Gasteiger partial charge on any atom is 0.229 e. The van der Waals surface area contributed by atoms with Gasteiger partial charge in [-0.05, 0) is 81.6 Å². The molecule has 0 spiro atoms. The van der Waals surface area contributed by atoms with Gasteiger partial charge >= 0.3 is 0 Å². The van der Waals surface area contributed by atoms with Crippen LogP contribution in [0.5, 0.6) is 0 Å². The molecule has 1 aromatic carbocycles. The molecule has 128 valence electrons. The summed E-state index contributed by atoms with van der Waals surface area (Å²) >= 11 is 0. The van der Waals surface area contributed by atoms with Gasteiger partial charge in [-0.1, -0.05) is 29.8 Å². The van der Waals surface area contributed by atoms with E-state index in [1.54, 1.807) is 0 Å². The van der Waals surface area contributed by atoms with Gasteiger partial charge in [0.2, 0.25) is 5.91 Å². The summed E-state index contributed by atoms with van der Waals surface area (Å²) in [5.74, 6) is 3.06. The molecule has 4 saturated carbocycles. The molecule has 1 atom stereocenters. The van der Waals surface area contributed by atoms with E-state index in [4.69, 9.17) is 0 Å². The molecule has 1 aromatic rings. The Labute approximate surface area is 145 Å². The quantitative estimate of drug-likeness (QED) is 0.760. The van der Waals surface area contributed by atoms with Gasteiger partial charge in [0.15, 0.2) is 0 Å². The lowest BCUT2D eigenvalue weighted by Gasteiger charge is -2.56. The minimum atomic E-state index is 0.0150. The first-order valence-corrected chi connectivity index (χ1v) is 10.0. The number of aryl methyl sites for hydroxylation is 1. The van der Waals surface area contributed by atoms with Crippen molar-refractivity contribution in [2.45, 2.75) is 64.3 Å². The van der Waals surface area contributed by atoms with Crippen molar-refractivity contribution < 1.29 is 4.79 Å². The Morgan fingerprint density at radius 1 is 1.08 bits per heavy atom. The second-order valence-corrected chi connectivity index (χ2v) is 9.27. The zero-order valence-electron chi connectivity index (χ0n) is 14.8. The number of carbonyl (C=O) groups excluding carboxylic acids is 1. The second-order valence-electron chi connectivity index (χ2n) is 9.27. The summed E-state index contributed by atoms with van der Waals surface area (Å²) in [6.07, 6.45) is 10.1. The molecular formula is C22H29NO. The van der Waals surface area contributed by atoms with Gasteiger partial charge in [-0.3, -0.25) is 4.79 Å². The Kier molecular flexibility index (Phi) is 3.34. The van der Waals surface area contributed by atoms with E-state index in [1.807, 2.05) is 0 Å². The first kappa shape index (κ1) is 15.0. The lowest BCUT2D eigenvalue weighted by molar-refractivity contribution is -0.158. The van der Waals surface area contributed by atoms with Crippen LogP contribution >= 0.6 is 0 Å². The molecule has 1 unspecified atom stereocenters. The monoisotopic (exact) mass is 323 g/mol. The van der Waals surface area contributed by atoms with Crippen molar-refractivity contribution >= 4 is 5.91 Å². The number of nitrogens with zero attached hydrogens (tertiary/aromatic N) is 1. The molecule has 2 nitrogen and oxygen atoms in total. The third-order valence-corrected chi connectivity index (χ3v) is 7.43. The molecule has 1 saturated heterocycles. The molecule has 0 aromatic heterocycles. The number of carbonyl (C=O) groups is 1. The maximum atomic E-state index is 13.7. The summed E-state index contributed by atoms with van der Waals surface area (Å²) in [6.45, 7) is 3.13. The Bertz CT molecular complexity index is 628. The molecule has 6 rings (SSSR count). The van der Waals surface area contributed by atoms with Gasteiger partial charge in [0.05, 0.1) is 11.5 Å². The Hall–Kier alpha value is -1.31. The Morgan fingerprint density at radius 2 is 1.75 bits per heavy atom. The second kappa shape index (κ2) is 5.34. The molecule has 2 heteroatoms. The number of likely N-dealkylation sites (tertiary alicyclic amines) is 1. The summed E-state index contributed by atoms with van der Waals surface area (Å²) in [5, 5.41) is 0. The molecule has 0 radical (unpaired) electrons. The summed E-state index contributed by atoms with van der Waals surface area (Å²) in [5.41, 5.74) is 2.67. The van der Waals surface area contributed by atoms with E-state index in [9.17, 15) is 4.79 Å². The predicted molar refractivity (Wildman–Crippen MR) is 95.5 cm³/mol. The van der Waals surface area contributed by atoms with Crippen LogP contribution in [0.2, 0.25) is 0 Å². The van der Waals surface area contributed by atoms with E-state index in [2.05, 4.69) is 36.1 Å². The third-order valence-electron chi connectivity index (χ3n) is 7.43. The Balaban J connectivity index is 1.44. The van der Waals surface area contributed by atoms with Crippen molar-refractivity contribution in [1.82, 2.24) is 4.90 Å². The fourth-order valence-corrected chi connectivity index (χ4v) is 6.91. The predicted octanol–water partition coefficient (Wildman–Crippen LogP) is 4.87. The fraction of sp³-hybridized carbons (Fsp3) is 0.682. The smallest absolute Gasteiger partial charge is 0.229 e. The van der Waals surface area contributed by atoms with E-state index in [1.165, 1.54) is 49.7 Å². The lowest BCUT2D eigenvalue weighted by Crippen LogP contribution is -2.54. The first-order valence-electron chi connectivity index (χ1n) is 10.0. The van der Waals surface area contributed by atoms with Crippen LogP contribution in [0, 0.1) is 30.1 Å². The summed E-state index contributed by atoms with van der Waals surface area (Å²) in [7, 11) is 0. The average Bonchev–Trinajstić information content (AvgIpc) is 3.02. The van der Waals surface area contributed by atoms with Crippen LogP contribution in [0.15, 0.2) is 24.3 Å². The molecule has 24 heavy (non-hydrogen) atoms. The van der Waals surface area contributed by atoms with Crippen molar-refractivity contribution in [1.29, 1.82) is 0 Å². The lowest BCUT2D eigenvalue weighted by atomic mass is 9.49. The molecule has 0 N–H and O–H groups in total. The first-order chi connectivity index (χ1) is 11.6. The van der Waals surface area contributed by atoms with E-state index in [0.29, 0.717) is 11.9 Å². The van der Waals surface area contributed by atoms with Gasteiger partial charge in [-0.25, -0.2) is 0 Å². The molecule has 5 fully saturated rings. The van der Waals surface area contributed by atoms with Crippen molar-refractivity contribution in [3.63, 3.8) is 0 Å². The normalized spacial score (nSPS) is 40.3. The van der Waals surface area contributed by atoms with E-state index in [0.717, 1.165) is 37.1 Å². The van der Waals surface area contributed by atoms with E-state index < -0.39 is 0 Å². The van der Waals surface area contributed by atoms with Gasteiger partial charge in [-0.2, -0.15) is 0 Å². The summed E-state index contributed by atoms with van der Waals surface area (Å²) in [6, 6.07) is 9.14. The number of hydrogen-bond acceptors (Lipinski definition) is 1. The molecule has 5 aliphatic rings. The molecule has 1 heterocycles. The van der Waals surface area contributed by atoms with Crippen molar-refractivity contribution in [2.24, 2.45) is 23.2 Å². The van der Waals surface area contributed by atoms with Crippen LogP contribution in [-0.4, -0.2) is 17.4 Å². The zero-order chi connectivity index (χ0) is 16.3. The average molecular weight is 323 g/mol. The van der Waals surface area contributed by atoms with Gasteiger partial charge in [-0.15, -0.1) is 0 Å². The van der Waals surface area contributed by atoms with Crippen molar-refractivity contribution in [3.8, 4) is 0 Å². The summed E-state index contributed by atoms with van der Waals surface area (Å²) < 4.78 is 0. The molecule has 4 bridgehead atoms. The number of rotatable bonds is 2. The fourth-order valence-electron chi connectivity index (χ4n) is 6.91. The minimum Gasteiger partial charge on any atom is -0.335 e. The van der Waals surface area contributed by atoms with E-state index >= 15 is 0 Å². The molecular weight excluding hydrogens is 294 g/mol. The van der Waals surface area contributed by atoms with Crippen LogP contribution in [0.1, 0.15) is 68.5 Å². The van der Waals surface area contributed by atoms with Gasteiger partial charge in [0.1, 0.15) is 0 Å². The van der Waals surface area contributed by atoms with Crippen LogP contribution in [0.4, 0.5) is 0 Å².